The van der Waals surface area contributed by atoms with Crippen LogP contribution in [0.15, 0.2) is 111 Å². The number of aromatic nitrogens is 1. The minimum atomic E-state index is 0.171. The predicted octanol–water partition coefficient (Wildman–Crippen LogP) is 8.40. The largest absolute Gasteiger partial charge is 0.507 e. The van der Waals surface area contributed by atoms with Gasteiger partial charge >= 0.3 is 0 Å². The van der Waals surface area contributed by atoms with Crippen molar-refractivity contribution in [3.63, 3.8) is 0 Å². The van der Waals surface area contributed by atoms with Crippen LogP contribution in [0.4, 0.5) is 5.69 Å². The molecular formula is C27H19BrN2OS2. The molecule has 1 aromatic heterocycles. The zero-order chi connectivity index (χ0) is 22.6. The second-order valence-electron chi connectivity index (χ2n) is 7.41. The molecule has 0 fully saturated rings. The van der Waals surface area contributed by atoms with Gasteiger partial charge in [0.2, 0.25) is 0 Å². The van der Waals surface area contributed by atoms with Gasteiger partial charge in [0.25, 0.3) is 0 Å². The average molecular weight is 532 g/mol. The van der Waals surface area contributed by atoms with Gasteiger partial charge in [0, 0.05) is 16.3 Å². The minimum absolute atomic E-state index is 0.171. The number of aromatic hydroxyl groups is 1. The molecule has 3 nitrogen and oxygen atoms in total. The molecule has 5 aromatic rings. The summed E-state index contributed by atoms with van der Waals surface area (Å²) in [6.45, 7) is 0. The lowest BCUT2D eigenvalue weighted by Gasteiger charge is -2.16. The molecule has 0 radical (unpaired) electrons. The van der Waals surface area contributed by atoms with Crippen LogP contribution in [0.1, 0.15) is 21.9 Å². The highest BCUT2D eigenvalue weighted by Crippen LogP contribution is 2.43. The van der Waals surface area contributed by atoms with Crippen molar-refractivity contribution >= 4 is 61.1 Å². The number of hydrogen-bond acceptors (Lipinski definition) is 5. The van der Waals surface area contributed by atoms with Crippen molar-refractivity contribution in [3.8, 4) is 5.75 Å². The molecule has 0 saturated carbocycles. The molecule has 0 aliphatic carbocycles. The summed E-state index contributed by atoms with van der Waals surface area (Å²) in [7, 11) is 0. The van der Waals surface area contributed by atoms with Gasteiger partial charge in [-0.15, -0.1) is 11.3 Å². The summed E-state index contributed by atoms with van der Waals surface area (Å²) in [6.07, 6.45) is 1.68. The maximum absolute atomic E-state index is 10.0. The van der Waals surface area contributed by atoms with E-state index in [1.165, 1.54) is 11.1 Å². The quantitative estimate of drug-likeness (QED) is 0.177. The van der Waals surface area contributed by atoms with E-state index in [1.807, 2.05) is 36.4 Å². The van der Waals surface area contributed by atoms with Crippen molar-refractivity contribution in [2.24, 2.45) is 4.99 Å². The van der Waals surface area contributed by atoms with E-state index in [9.17, 15) is 5.11 Å². The molecule has 0 atom stereocenters. The highest BCUT2D eigenvalue weighted by atomic mass is 79.9. The monoisotopic (exact) mass is 530 g/mol. The van der Waals surface area contributed by atoms with E-state index in [0.29, 0.717) is 5.56 Å². The number of thioether (sulfide) groups is 1. The van der Waals surface area contributed by atoms with Gasteiger partial charge in [-0.1, -0.05) is 88.4 Å². The topological polar surface area (TPSA) is 45.5 Å². The van der Waals surface area contributed by atoms with E-state index in [0.717, 1.165) is 24.7 Å². The third kappa shape index (κ3) is 5.19. The standard InChI is InChI=1S/C27H19BrN2OS2/c28-21-11-14-24(31)20(15-21)17-29-22-12-13-23-25(16-22)32-27(30-23)33-26(18-7-3-1-4-8-18)19-9-5-2-6-10-19/h1-17,26,31H. The molecule has 5 rings (SSSR count). The number of rotatable bonds is 6. The van der Waals surface area contributed by atoms with Crippen molar-refractivity contribution in [3.05, 3.63) is 118 Å². The first-order chi connectivity index (χ1) is 16.2. The Bertz CT molecular complexity index is 1380. The highest BCUT2D eigenvalue weighted by Gasteiger charge is 2.18. The third-order valence-electron chi connectivity index (χ3n) is 5.12. The number of benzene rings is 4. The summed E-state index contributed by atoms with van der Waals surface area (Å²) in [4.78, 5) is 9.43. The van der Waals surface area contributed by atoms with E-state index in [-0.39, 0.29) is 11.0 Å². The highest BCUT2D eigenvalue weighted by molar-refractivity contribution is 9.10. The van der Waals surface area contributed by atoms with Crippen LogP contribution in [0.3, 0.4) is 0 Å². The fraction of sp³-hybridized carbons (Fsp3) is 0.0370. The Morgan fingerprint density at radius 1 is 0.879 bits per heavy atom. The molecule has 6 heteroatoms. The van der Waals surface area contributed by atoms with Crippen LogP contribution in [-0.2, 0) is 0 Å². The molecule has 0 bridgehead atoms. The Balaban J connectivity index is 1.43. The summed E-state index contributed by atoms with van der Waals surface area (Å²) < 4.78 is 3.01. The number of halogens is 1. The molecule has 1 N–H and O–H groups in total. The van der Waals surface area contributed by atoms with Crippen LogP contribution in [0, 0.1) is 0 Å². The lowest BCUT2D eigenvalue weighted by atomic mass is 10.0. The molecule has 0 saturated heterocycles. The maximum Gasteiger partial charge on any atom is 0.152 e. The van der Waals surface area contributed by atoms with E-state index >= 15 is 0 Å². The van der Waals surface area contributed by atoms with Crippen molar-refractivity contribution in [2.75, 3.05) is 0 Å². The van der Waals surface area contributed by atoms with Crippen LogP contribution in [0.25, 0.3) is 10.2 Å². The van der Waals surface area contributed by atoms with E-state index < -0.39 is 0 Å². The van der Waals surface area contributed by atoms with Crippen LogP contribution in [-0.4, -0.2) is 16.3 Å². The second-order valence-corrected chi connectivity index (χ2v) is 10.7. The molecule has 4 aromatic carbocycles. The maximum atomic E-state index is 10.0. The van der Waals surface area contributed by atoms with Gasteiger partial charge in [-0.3, -0.25) is 4.99 Å². The van der Waals surface area contributed by atoms with Gasteiger partial charge in [0.05, 0.1) is 21.2 Å². The summed E-state index contributed by atoms with van der Waals surface area (Å²) >= 11 is 6.88. The van der Waals surface area contributed by atoms with Crippen LogP contribution >= 0.6 is 39.0 Å². The smallest absolute Gasteiger partial charge is 0.152 e. The Labute approximate surface area is 209 Å². The summed E-state index contributed by atoms with van der Waals surface area (Å²) in [5.74, 6) is 0.201. The minimum Gasteiger partial charge on any atom is -0.507 e. The van der Waals surface area contributed by atoms with Crippen molar-refractivity contribution in [1.82, 2.24) is 4.98 Å². The van der Waals surface area contributed by atoms with Crippen molar-refractivity contribution < 1.29 is 5.11 Å². The Kier molecular flexibility index (Phi) is 6.58. The number of nitrogens with zero attached hydrogens (tertiary/aromatic N) is 2. The number of fused-ring (bicyclic) bond motifs is 1. The molecule has 33 heavy (non-hydrogen) atoms. The fourth-order valence-corrected chi connectivity index (χ4v) is 6.28. The molecule has 162 valence electrons. The van der Waals surface area contributed by atoms with Gasteiger partial charge in [0.15, 0.2) is 4.34 Å². The summed E-state index contributed by atoms with van der Waals surface area (Å²) in [6, 6.07) is 32.4. The average Bonchev–Trinajstić information content (AvgIpc) is 3.26. The van der Waals surface area contributed by atoms with Gasteiger partial charge in [0.1, 0.15) is 5.75 Å². The van der Waals surface area contributed by atoms with Gasteiger partial charge in [-0.05, 0) is 47.5 Å². The number of phenolic OH excluding ortho intramolecular Hbond substituents is 1. The van der Waals surface area contributed by atoms with Crippen LogP contribution in [0.2, 0.25) is 0 Å². The molecule has 0 unspecified atom stereocenters. The van der Waals surface area contributed by atoms with Gasteiger partial charge in [-0.25, -0.2) is 4.98 Å². The number of phenols is 1. The SMILES string of the molecule is Oc1ccc(Br)cc1C=Nc1ccc2nc(SC(c3ccccc3)c3ccccc3)sc2c1. The summed E-state index contributed by atoms with van der Waals surface area (Å²) in [5.41, 5.74) is 4.97. The van der Waals surface area contributed by atoms with E-state index in [1.54, 1.807) is 41.4 Å². The Morgan fingerprint density at radius 3 is 2.27 bits per heavy atom. The second kappa shape index (κ2) is 9.91. The third-order valence-corrected chi connectivity index (χ3v) is 8.04. The van der Waals surface area contributed by atoms with E-state index in [2.05, 4.69) is 69.5 Å². The molecular weight excluding hydrogens is 512 g/mol. The molecule has 0 amide bonds. The fourth-order valence-electron chi connectivity index (χ4n) is 3.48. The van der Waals surface area contributed by atoms with E-state index in [4.69, 9.17) is 4.98 Å². The van der Waals surface area contributed by atoms with Gasteiger partial charge < -0.3 is 5.11 Å². The van der Waals surface area contributed by atoms with Crippen LogP contribution in [0.5, 0.6) is 5.75 Å². The normalized spacial score (nSPS) is 11.6. The Hall–Kier alpha value is -2.93. The zero-order valence-corrected chi connectivity index (χ0v) is 20.6. The first-order valence-electron chi connectivity index (χ1n) is 10.4. The van der Waals surface area contributed by atoms with Gasteiger partial charge in [-0.2, -0.15) is 0 Å². The van der Waals surface area contributed by atoms with Crippen molar-refractivity contribution in [1.29, 1.82) is 0 Å². The predicted molar refractivity (Wildman–Crippen MR) is 143 cm³/mol. The zero-order valence-electron chi connectivity index (χ0n) is 17.4. The lowest BCUT2D eigenvalue weighted by molar-refractivity contribution is 0.474. The summed E-state index contributed by atoms with van der Waals surface area (Å²) in [5, 5.41) is 10.2. The number of hydrogen-bond donors (Lipinski definition) is 1. The molecule has 0 spiro atoms. The number of thiazole rings is 1. The Morgan fingerprint density at radius 2 is 1.58 bits per heavy atom. The molecule has 0 aliphatic heterocycles. The molecule has 0 aliphatic rings. The number of aliphatic imine (C=N–C) groups is 1. The first-order valence-corrected chi connectivity index (χ1v) is 12.8. The molecule has 1 heterocycles. The van der Waals surface area contributed by atoms with Crippen LogP contribution < -0.4 is 0 Å². The first kappa shape index (κ1) is 21.9. The lowest BCUT2D eigenvalue weighted by Crippen LogP contribution is -1.96. The van der Waals surface area contributed by atoms with Crippen molar-refractivity contribution in [2.45, 2.75) is 9.59 Å².